The summed E-state index contributed by atoms with van der Waals surface area (Å²) in [5, 5.41) is 0. The maximum Gasteiger partial charge on any atom is 0.253 e. The van der Waals surface area contributed by atoms with Crippen molar-refractivity contribution < 1.29 is 9.18 Å². The molecule has 150 valence electrons. The number of rotatable bonds is 4. The molecule has 4 rings (SSSR count). The Hall–Kier alpha value is -3.09. The van der Waals surface area contributed by atoms with E-state index < -0.39 is 0 Å². The summed E-state index contributed by atoms with van der Waals surface area (Å²) in [7, 11) is 0. The quantitative estimate of drug-likeness (QED) is 0.673. The van der Waals surface area contributed by atoms with E-state index in [-0.39, 0.29) is 23.6 Å². The van der Waals surface area contributed by atoms with E-state index in [1.165, 1.54) is 24.3 Å². The van der Waals surface area contributed by atoms with Gasteiger partial charge in [-0.25, -0.2) is 14.4 Å². The molecule has 0 aliphatic carbocycles. The number of carbonyl (C=O) groups is 1. The van der Waals surface area contributed by atoms with Crippen molar-refractivity contribution in [3.8, 4) is 5.82 Å². The van der Waals surface area contributed by atoms with Crippen LogP contribution in [-0.4, -0.2) is 43.4 Å². The van der Waals surface area contributed by atoms with Crippen LogP contribution in [0.25, 0.3) is 5.82 Å². The molecule has 7 heteroatoms. The zero-order valence-corrected chi connectivity index (χ0v) is 16.6. The van der Waals surface area contributed by atoms with Crippen LogP contribution in [0.3, 0.4) is 0 Å². The van der Waals surface area contributed by atoms with Crippen LogP contribution >= 0.6 is 0 Å². The molecule has 3 aromatic rings. The zero-order chi connectivity index (χ0) is 20.4. The van der Waals surface area contributed by atoms with E-state index in [0.29, 0.717) is 18.7 Å². The molecule has 6 nitrogen and oxygen atoms in total. The Labute approximate surface area is 169 Å². The van der Waals surface area contributed by atoms with Gasteiger partial charge in [0, 0.05) is 55.3 Å². The van der Waals surface area contributed by atoms with Gasteiger partial charge in [0.05, 0.1) is 5.69 Å². The first-order valence-electron chi connectivity index (χ1n) is 9.94. The molecule has 1 aliphatic heterocycles. The molecule has 0 radical (unpaired) electrons. The Kier molecular flexibility index (Phi) is 5.38. The van der Waals surface area contributed by atoms with Gasteiger partial charge in [0.25, 0.3) is 5.91 Å². The summed E-state index contributed by atoms with van der Waals surface area (Å²) in [6.07, 6.45) is 8.89. The molecule has 1 saturated heterocycles. The minimum Gasteiger partial charge on any atom is -0.338 e. The summed E-state index contributed by atoms with van der Waals surface area (Å²) in [4.78, 5) is 28.4. The van der Waals surface area contributed by atoms with Crippen LogP contribution in [0, 0.1) is 5.82 Å². The Morgan fingerprint density at radius 1 is 1.10 bits per heavy atom. The molecule has 0 unspecified atom stereocenters. The first kappa shape index (κ1) is 19.2. The standard InChI is InChI=1S/C22H24FN5O/c1-15(2)20-26-11-13-28(20)21-19(24-9-10-25-21)17-4-3-12-27(14-17)22(29)16-5-7-18(23)8-6-16/h5-11,13,15,17H,3-4,12,14H2,1-2H3/t17-/m0/s1. The molecule has 29 heavy (non-hydrogen) atoms. The van der Waals surface area contributed by atoms with Gasteiger partial charge in [0.15, 0.2) is 5.82 Å². The lowest BCUT2D eigenvalue weighted by Crippen LogP contribution is -2.39. The first-order chi connectivity index (χ1) is 14.0. The van der Waals surface area contributed by atoms with Gasteiger partial charge in [-0.3, -0.25) is 14.3 Å². The molecule has 1 fully saturated rings. The van der Waals surface area contributed by atoms with Crippen LogP contribution in [0.4, 0.5) is 4.39 Å². The van der Waals surface area contributed by atoms with Gasteiger partial charge in [0.2, 0.25) is 0 Å². The average molecular weight is 393 g/mol. The Morgan fingerprint density at radius 3 is 2.62 bits per heavy atom. The van der Waals surface area contributed by atoms with Gasteiger partial charge in [0.1, 0.15) is 11.6 Å². The summed E-state index contributed by atoms with van der Waals surface area (Å²) in [5.41, 5.74) is 1.38. The molecule has 2 aromatic heterocycles. The molecule has 1 aromatic carbocycles. The molecule has 0 N–H and O–H groups in total. The Bertz CT molecular complexity index is 998. The van der Waals surface area contributed by atoms with Crippen LogP contribution in [0.2, 0.25) is 0 Å². The first-order valence-corrected chi connectivity index (χ1v) is 9.94. The third kappa shape index (κ3) is 3.90. The highest BCUT2D eigenvalue weighted by Gasteiger charge is 2.29. The monoisotopic (exact) mass is 393 g/mol. The van der Waals surface area contributed by atoms with Crippen LogP contribution in [0.1, 0.15) is 60.4 Å². The summed E-state index contributed by atoms with van der Waals surface area (Å²) >= 11 is 0. The number of hydrogen-bond donors (Lipinski definition) is 0. The van der Waals surface area contributed by atoms with Crippen molar-refractivity contribution >= 4 is 5.91 Å². The Morgan fingerprint density at radius 2 is 1.86 bits per heavy atom. The molecule has 1 amide bonds. The SMILES string of the molecule is CC(C)c1nccn1-c1nccnc1[C@H]1CCCN(C(=O)c2ccc(F)cc2)C1. The van der Waals surface area contributed by atoms with E-state index in [1.54, 1.807) is 18.6 Å². The number of aromatic nitrogens is 4. The number of imidazole rings is 1. The van der Waals surface area contributed by atoms with Gasteiger partial charge >= 0.3 is 0 Å². The van der Waals surface area contributed by atoms with Crippen molar-refractivity contribution in [2.45, 2.75) is 38.5 Å². The molecule has 0 bridgehead atoms. The molecule has 1 atom stereocenters. The number of carbonyl (C=O) groups excluding carboxylic acids is 1. The lowest BCUT2D eigenvalue weighted by Gasteiger charge is -2.33. The van der Waals surface area contributed by atoms with Crippen molar-refractivity contribution in [2.24, 2.45) is 0 Å². The average Bonchev–Trinajstić information content (AvgIpc) is 3.24. The van der Waals surface area contributed by atoms with Gasteiger partial charge in [-0.15, -0.1) is 0 Å². The molecule has 3 heterocycles. The van der Waals surface area contributed by atoms with Gasteiger partial charge < -0.3 is 4.90 Å². The third-order valence-corrected chi connectivity index (χ3v) is 5.31. The van der Waals surface area contributed by atoms with Crippen molar-refractivity contribution in [3.05, 3.63) is 72.0 Å². The second-order valence-electron chi connectivity index (χ2n) is 7.67. The number of halogens is 1. The minimum atomic E-state index is -0.344. The van der Waals surface area contributed by atoms with Crippen molar-refractivity contribution in [1.29, 1.82) is 0 Å². The van der Waals surface area contributed by atoms with Gasteiger partial charge in [-0.2, -0.15) is 0 Å². The van der Waals surface area contributed by atoms with E-state index in [2.05, 4.69) is 28.8 Å². The number of piperidine rings is 1. The second kappa shape index (κ2) is 8.11. The van der Waals surface area contributed by atoms with Gasteiger partial charge in [-0.05, 0) is 37.1 Å². The van der Waals surface area contributed by atoms with Crippen LogP contribution in [-0.2, 0) is 0 Å². The van der Waals surface area contributed by atoms with Crippen LogP contribution in [0.15, 0.2) is 49.1 Å². The van der Waals surface area contributed by atoms with E-state index in [4.69, 9.17) is 0 Å². The number of amides is 1. The highest BCUT2D eigenvalue weighted by atomic mass is 19.1. The highest BCUT2D eigenvalue weighted by molar-refractivity contribution is 5.94. The highest BCUT2D eigenvalue weighted by Crippen LogP contribution is 2.30. The fourth-order valence-corrected chi connectivity index (χ4v) is 3.90. The maximum absolute atomic E-state index is 13.2. The third-order valence-electron chi connectivity index (χ3n) is 5.31. The van der Waals surface area contributed by atoms with E-state index in [0.717, 1.165) is 30.2 Å². The molecular weight excluding hydrogens is 369 g/mol. The molecule has 0 spiro atoms. The predicted octanol–water partition coefficient (Wildman–Crippen LogP) is 3.94. The smallest absolute Gasteiger partial charge is 0.253 e. The van der Waals surface area contributed by atoms with Crippen molar-refractivity contribution in [2.75, 3.05) is 13.1 Å². The molecular formula is C22H24FN5O. The summed E-state index contributed by atoms with van der Waals surface area (Å²) in [6, 6.07) is 5.72. The number of benzene rings is 1. The lowest BCUT2D eigenvalue weighted by molar-refractivity contribution is 0.0705. The summed E-state index contributed by atoms with van der Waals surface area (Å²) < 4.78 is 15.2. The minimum absolute atomic E-state index is 0.0781. The van der Waals surface area contributed by atoms with Gasteiger partial charge in [-0.1, -0.05) is 13.8 Å². The van der Waals surface area contributed by atoms with Crippen molar-refractivity contribution in [1.82, 2.24) is 24.4 Å². The predicted molar refractivity (Wildman–Crippen MR) is 108 cm³/mol. The Balaban J connectivity index is 1.61. The number of hydrogen-bond acceptors (Lipinski definition) is 4. The van der Waals surface area contributed by atoms with E-state index >= 15 is 0 Å². The zero-order valence-electron chi connectivity index (χ0n) is 16.6. The normalized spacial score (nSPS) is 17.0. The fourth-order valence-electron chi connectivity index (χ4n) is 3.90. The molecule has 1 aliphatic rings. The van der Waals surface area contributed by atoms with E-state index in [9.17, 15) is 9.18 Å². The van der Waals surface area contributed by atoms with Crippen LogP contribution < -0.4 is 0 Å². The van der Waals surface area contributed by atoms with E-state index in [1.807, 2.05) is 15.7 Å². The number of nitrogens with zero attached hydrogens (tertiary/aromatic N) is 5. The second-order valence-corrected chi connectivity index (χ2v) is 7.67. The topological polar surface area (TPSA) is 63.9 Å². The maximum atomic E-state index is 13.2. The largest absolute Gasteiger partial charge is 0.338 e. The van der Waals surface area contributed by atoms with Crippen molar-refractivity contribution in [3.63, 3.8) is 0 Å². The lowest BCUT2D eigenvalue weighted by atomic mass is 9.93. The fraction of sp³-hybridized carbons (Fsp3) is 0.364. The summed E-state index contributed by atoms with van der Waals surface area (Å²) in [5.74, 6) is 1.62. The van der Waals surface area contributed by atoms with Crippen LogP contribution in [0.5, 0.6) is 0 Å². The molecule has 0 saturated carbocycles. The number of likely N-dealkylation sites (tertiary alicyclic amines) is 1. The summed E-state index contributed by atoms with van der Waals surface area (Å²) in [6.45, 7) is 5.44.